The Morgan fingerprint density at radius 2 is 0.310 bits per heavy atom. The summed E-state index contributed by atoms with van der Waals surface area (Å²) in [6.45, 7) is 9.61. The van der Waals surface area contributed by atoms with E-state index in [9.17, 15) is 0 Å². The molecule has 1 atom stereocenters. The molecule has 0 aliphatic rings. The lowest BCUT2D eigenvalue weighted by Crippen LogP contribution is -2.12. The van der Waals surface area contributed by atoms with Crippen LogP contribution in [0.4, 0.5) is 0 Å². The van der Waals surface area contributed by atoms with Gasteiger partial charge in [0.05, 0.1) is 0 Å². The molecule has 0 saturated carbocycles. The molecule has 0 amide bonds. The van der Waals surface area contributed by atoms with E-state index in [2.05, 4.69) is 27.7 Å². The van der Waals surface area contributed by atoms with Gasteiger partial charge in [-0.05, 0) is 11.8 Å². The van der Waals surface area contributed by atoms with Gasteiger partial charge in [-0.3, -0.25) is 0 Å². The molecule has 0 aliphatic carbocycles. The van der Waals surface area contributed by atoms with E-state index in [1.54, 1.807) is 0 Å². The summed E-state index contributed by atoms with van der Waals surface area (Å²) in [6.07, 6.45) is 77.1. The third-order valence-electron chi connectivity index (χ3n) is 14.4. The Morgan fingerprint density at radius 3 is 0.483 bits per heavy atom. The Labute approximate surface area is 372 Å². The van der Waals surface area contributed by atoms with Gasteiger partial charge in [-0.15, -0.1) is 0 Å². The SMILES string of the molecule is CCCCCCCCCCCCCCCCCCCC(CCCCCCCCCCCCCCCCCCC)C(C)CCCCCCCCCCCCCCCCC. The lowest BCUT2D eigenvalue weighted by atomic mass is 9.81. The van der Waals surface area contributed by atoms with Crippen LogP contribution in [0.1, 0.15) is 362 Å². The molecule has 0 heterocycles. The predicted octanol–water partition coefficient (Wildman–Crippen LogP) is 22.6. The number of hydrogen-bond donors (Lipinski definition) is 0. The van der Waals surface area contributed by atoms with E-state index in [4.69, 9.17) is 0 Å². The second-order valence-corrected chi connectivity index (χ2v) is 20.4. The summed E-state index contributed by atoms with van der Waals surface area (Å²) >= 11 is 0. The van der Waals surface area contributed by atoms with E-state index in [1.165, 1.54) is 334 Å². The van der Waals surface area contributed by atoms with Gasteiger partial charge in [-0.2, -0.15) is 0 Å². The molecule has 0 aromatic carbocycles. The third-order valence-corrected chi connectivity index (χ3v) is 14.4. The average molecular weight is 816 g/mol. The summed E-state index contributed by atoms with van der Waals surface area (Å²) in [7, 11) is 0. The van der Waals surface area contributed by atoms with Crippen molar-refractivity contribution in [3.63, 3.8) is 0 Å². The lowest BCUT2D eigenvalue weighted by molar-refractivity contribution is 0.274. The quantitative estimate of drug-likeness (QED) is 0.0537. The van der Waals surface area contributed by atoms with Gasteiger partial charge in [0.2, 0.25) is 0 Å². The standard InChI is InChI=1S/C58H118/c1-5-8-11-14-17-20-23-26-29-31-34-37-40-43-46-49-52-55-58(56-53-50-47-44-41-38-35-32-30-27-24-21-18-15-12-9-6-2)57(4)54-51-48-45-42-39-36-33-28-25-22-19-16-13-10-7-3/h57-58H,5-56H2,1-4H3. The molecular weight excluding hydrogens is 697 g/mol. The van der Waals surface area contributed by atoms with Crippen molar-refractivity contribution in [3.8, 4) is 0 Å². The molecule has 0 aromatic rings. The van der Waals surface area contributed by atoms with Gasteiger partial charge in [-0.1, -0.05) is 362 Å². The van der Waals surface area contributed by atoms with Crippen molar-refractivity contribution in [3.05, 3.63) is 0 Å². The molecule has 0 nitrogen and oxygen atoms in total. The van der Waals surface area contributed by atoms with E-state index >= 15 is 0 Å². The number of rotatable bonds is 53. The van der Waals surface area contributed by atoms with Crippen molar-refractivity contribution in [2.75, 3.05) is 0 Å². The fourth-order valence-corrected chi connectivity index (χ4v) is 10.0. The molecule has 0 fully saturated rings. The molecule has 1 unspecified atom stereocenters. The highest BCUT2D eigenvalue weighted by Gasteiger charge is 2.16. The van der Waals surface area contributed by atoms with Crippen LogP contribution in [0.3, 0.4) is 0 Å². The van der Waals surface area contributed by atoms with Crippen LogP contribution in [-0.2, 0) is 0 Å². The zero-order valence-corrected chi connectivity index (χ0v) is 41.9. The molecule has 0 radical (unpaired) electrons. The minimum atomic E-state index is 0.948. The molecular formula is C58H118. The maximum atomic E-state index is 2.65. The van der Waals surface area contributed by atoms with Gasteiger partial charge in [0.25, 0.3) is 0 Å². The van der Waals surface area contributed by atoms with Gasteiger partial charge in [0, 0.05) is 0 Å². The van der Waals surface area contributed by atoms with Crippen molar-refractivity contribution >= 4 is 0 Å². The number of unbranched alkanes of at least 4 members (excludes halogenated alkanes) is 46. The average Bonchev–Trinajstić information content (AvgIpc) is 3.23. The monoisotopic (exact) mass is 815 g/mol. The first-order valence-electron chi connectivity index (χ1n) is 28.8. The summed E-state index contributed by atoms with van der Waals surface area (Å²) < 4.78 is 0. The first-order valence-corrected chi connectivity index (χ1v) is 28.8. The summed E-state index contributed by atoms with van der Waals surface area (Å²) in [5, 5.41) is 0. The molecule has 0 saturated heterocycles. The van der Waals surface area contributed by atoms with Crippen LogP contribution in [0.2, 0.25) is 0 Å². The maximum Gasteiger partial charge on any atom is -0.0388 e. The Balaban J connectivity index is 4.07. The van der Waals surface area contributed by atoms with Gasteiger partial charge >= 0.3 is 0 Å². The fourth-order valence-electron chi connectivity index (χ4n) is 10.0. The van der Waals surface area contributed by atoms with Gasteiger partial charge in [0.1, 0.15) is 0 Å². The topological polar surface area (TPSA) is 0 Å². The van der Waals surface area contributed by atoms with Crippen molar-refractivity contribution in [2.24, 2.45) is 11.8 Å². The molecule has 58 heavy (non-hydrogen) atoms. The van der Waals surface area contributed by atoms with E-state index in [1.807, 2.05) is 0 Å². The van der Waals surface area contributed by atoms with Crippen molar-refractivity contribution in [1.82, 2.24) is 0 Å². The van der Waals surface area contributed by atoms with Crippen LogP contribution in [0.25, 0.3) is 0 Å². The highest BCUT2D eigenvalue weighted by molar-refractivity contribution is 4.69. The third kappa shape index (κ3) is 48.7. The first-order chi connectivity index (χ1) is 28.8. The normalized spacial score (nSPS) is 12.4. The first kappa shape index (κ1) is 58.0. The summed E-state index contributed by atoms with van der Waals surface area (Å²) in [4.78, 5) is 0. The second-order valence-electron chi connectivity index (χ2n) is 20.4. The largest absolute Gasteiger partial charge is 0.0654 e. The Bertz CT molecular complexity index is 642. The minimum absolute atomic E-state index is 0.948. The Morgan fingerprint density at radius 1 is 0.172 bits per heavy atom. The van der Waals surface area contributed by atoms with Gasteiger partial charge < -0.3 is 0 Å². The Hall–Kier alpha value is 0. The summed E-state index contributed by atoms with van der Waals surface area (Å²) in [5.41, 5.74) is 0. The van der Waals surface area contributed by atoms with Crippen molar-refractivity contribution < 1.29 is 0 Å². The zero-order chi connectivity index (χ0) is 41.9. The summed E-state index contributed by atoms with van der Waals surface area (Å²) in [6, 6.07) is 0. The van der Waals surface area contributed by atoms with Crippen LogP contribution in [-0.4, -0.2) is 0 Å². The highest BCUT2D eigenvalue weighted by Crippen LogP contribution is 2.30. The maximum absolute atomic E-state index is 2.65. The highest BCUT2D eigenvalue weighted by atomic mass is 14.2. The number of hydrogen-bond acceptors (Lipinski definition) is 0. The predicted molar refractivity (Wildman–Crippen MR) is 270 cm³/mol. The van der Waals surface area contributed by atoms with E-state index in [0.29, 0.717) is 0 Å². The van der Waals surface area contributed by atoms with Gasteiger partial charge in [-0.25, -0.2) is 0 Å². The van der Waals surface area contributed by atoms with Crippen molar-refractivity contribution in [1.29, 1.82) is 0 Å². The molecule has 0 N–H and O–H groups in total. The van der Waals surface area contributed by atoms with Gasteiger partial charge in [0.15, 0.2) is 0 Å². The molecule has 0 spiro atoms. The smallest absolute Gasteiger partial charge is 0.0388 e. The van der Waals surface area contributed by atoms with E-state index < -0.39 is 0 Å². The van der Waals surface area contributed by atoms with Crippen LogP contribution >= 0.6 is 0 Å². The van der Waals surface area contributed by atoms with Crippen molar-refractivity contribution in [2.45, 2.75) is 362 Å². The molecule has 0 rings (SSSR count). The Kier molecular flexibility index (Phi) is 53.1. The lowest BCUT2D eigenvalue weighted by Gasteiger charge is -2.24. The van der Waals surface area contributed by atoms with Crippen LogP contribution in [0.5, 0.6) is 0 Å². The molecule has 350 valence electrons. The fraction of sp³-hybridized carbons (Fsp3) is 1.00. The molecule has 0 heteroatoms. The van der Waals surface area contributed by atoms with Crippen LogP contribution in [0.15, 0.2) is 0 Å². The molecule has 0 aliphatic heterocycles. The second kappa shape index (κ2) is 53.1. The van der Waals surface area contributed by atoms with Crippen LogP contribution in [0, 0.1) is 11.8 Å². The summed E-state index contributed by atoms with van der Waals surface area (Å²) in [5.74, 6) is 1.95. The van der Waals surface area contributed by atoms with E-state index in [0.717, 1.165) is 11.8 Å². The zero-order valence-electron chi connectivity index (χ0n) is 41.9. The minimum Gasteiger partial charge on any atom is -0.0654 e. The van der Waals surface area contributed by atoms with E-state index in [-0.39, 0.29) is 0 Å². The van der Waals surface area contributed by atoms with Crippen LogP contribution < -0.4 is 0 Å². The molecule has 0 aromatic heterocycles. The molecule has 0 bridgehead atoms.